The Morgan fingerprint density at radius 1 is 1.35 bits per heavy atom. The highest BCUT2D eigenvalue weighted by molar-refractivity contribution is 5.93. The first-order chi connectivity index (χ1) is 7.97. The molecule has 6 heteroatoms. The van der Waals surface area contributed by atoms with Crippen molar-refractivity contribution >= 4 is 11.7 Å². The zero-order chi connectivity index (χ0) is 13.0. The van der Waals surface area contributed by atoms with Crippen molar-refractivity contribution in [3.8, 4) is 0 Å². The Morgan fingerprint density at radius 3 is 2.47 bits per heavy atom. The molecule has 1 aromatic carbocycles. The molecule has 0 bridgehead atoms. The summed E-state index contributed by atoms with van der Waals surface area (Å²) in [6.07, 6.45) is -1.86. The van der Waals surface area contributed by atoms with E-state index in [-0.39, 0.29) is 24.2 Å². The lowest BCUT2D eigenvalue weighted by molar-refractivity contribution is 0.0150. The van der Waals surface area contributed by atoms with Gasteiger partial charge in [-0.15, -0.1) is 0 Å². The zero-order valence-corrected chi connectivity index (χ0v) is 9.21. The molecule has 94 valence electrons. The number of aliphatic hydroxyl groups is 2. The second-order valence-electron chi connectivity index (χ2n) is 3.74. The van der Waals surface area contributed by atoms with Crippen molar-refractivity contribution in [1.82, 2.24) is 0 Å². The number of nitrogens with two attached hydrogens (primary N) is 2. The van der Waals surface area contributed by atoms with Gasteiger partial charge < -0.3 is 26.8 Å². The number of carboxylic acids is 1. The van der Waals surface area contributed by atoms with Crippen LogP contribution < -0.4 is 11.5 Å². The zero-order valence-electron chi connectivity index (χ0n) is 9.21. The van der Waals surface area contributed by atoms with Gasteiger partial charge >= 0.3 is 5.97 Å². The minimum absolute atomic E-state index is 0.0331. The Hall–Kier alpha value is -1.63. The SMILES string of the molecule is NCCC(O)C(O)c1ccc(C(=O)O)c(N)c1. The molecule has 0 aromatic heterocycles. The quantitative estimate of drug-likeness (QED) is 0.450. The Labute approximate surface area is 98.5 Å². The molecule has 0 fully saturated rings. The number of carboxylic acid groups (broad SMARTS) is 1. The van der Waals surface area contributed by atoms with E-state index in [2.05, 4.69) is 0 Å². The van der Waals surface area contributed by atoms with Gasteiger partial charge in [-0.3, -0.25) is 0 Å². The highest BCUT2D eigenvalue weighted by Gasteiger charge is 2.19. The largest absolute Gasteiger partial charge is 0.478 e. The van der Waals surface area contributed by atoms with Gasteiger partial charge in [-0.2, -0.15) is 0 Å². The van der Waals surface area contributed by atoms with E-state index in [1.807, 2.05) is 0 Å². The molecular formula is C11H16N2O4. The van der Waals surface area contributed by atoms with Crippen LogP contribution in [0.5, 0.6) is 0 Å². The summed E-state index contributed by atoms with van der Waals surface area (Å²) in [7, 11) is 0. The summed E-state index contributed by atoms with van der Waals surface area (Å²) in [5, 5.41) is 28.1. The van der Waals surface area contributed by atoms with Crippen LogP contribution in [-0.4, -0.2) is 33.9 Å². The van der Waals surface area contributed by atoms with Gasteiger partial charge in [0.15, 0.2) is 0 Å². The first kappa shape index (κ1) is 13.4. The average molecular weight is 240 g/mol. The maximum absolute atomic E-state index is 10.7. The van der Waals surface area contributed by atoms with Gasteiger partial charge in [0.05, 0.1) is 11.7 Å². The van der Waals surface area contributed by atoms with Crippen LogP contribution in [0.3, 0.4) is 0 Å². The number of aromatic carboxylic acids is 1. The van der Waals surface area contributed by atoms with Crippen molar-refractivity contribution in [3.05, 3.63) is 29.3 Å². The number of nitrogen functional groups attached to an aromatic ring is 1. The van der Waals surface area contributed by atoms with E-state index in [0.717, 1.165) is 0 Å². The topological polar surface area (TPSA) is 130 Å². The molecule has 0 aliphatic rings. The summed E-state index contributed by atoms with van der Waals surface area (Å²) in [5.41, 5.74) is 11.2. The molecule has 7 N–H and O–H groups in total. The van der Waals surface area contributed by atoms with E-state index >= 15 is 0 Å². The van der Waals surface area contributed by atoms with Gasteiger partial charge in [-0.1, -0.05) is 6.07 Å². The molecule has 1 rings (SSSR count). The molecule has 2 atom stereocenters. The molecule has 0 saturated heterocycles. The predicted molar refractivity (Wildman–Crippen MR) is 62.5 cm³/mol. The van der Waals surface area contributed by atoms with Crippen molar-refractivity contribution < 1.29 is 20.1 Å². The summed E-state index contributed by atoms with van der Waals surface area (Å²) in [6.45, 7) is 0.251. The highest BCUT2D eigenvalue weighted by atomic mass is 16.4. The van der Waals surface area contributed by atoms with Crippen molar-refractivity contribution in [1.29, 1.82) is 0 Å². The number of aliphatic hydroxyl groups excluding tert-OH is 2. The summed E-state index contributed by atoms with van der Waals surface area (Å²) >= 11 is 0. The molecule has 17 heavy (non-hydrogen) atoms. The van der Waals surface area contributed by atoms with Gasteiger partial charge in [0, 0.05) is 5.69 Å². The lowest BCUT2D eigenvalue weighted by Gasteiger charge is -2.18. The molecule has 0 spiro atoms. The monoisotopic (exact) mass is 240 g/mol. The van der Waals surface area contributed by atoms with Crippen LogP contribution in [0, 0.1) is 0 Å². The minimum atomic E-state index is -1.13. The number of carbonyl (C=O) groups is 1. The standard InChI is InChI=1S/C11H16N2O4/c12-4-3-9(14)10(15)6-1-2-7(11(16)17)8(13)5-6/h1-2,5,9-10,14-15H,3-4,12-13H2,(H,16,17). The second-order valence-corrected chi connectivity index (χ2v) is 3.74. The number of rotatable bonds is 5. The summed E-state index contributed by atoms with van der Waals surface area (Å²) in [5.74, 6) is -1.13. The minimum Gasteiger partial charge on any atom is -0.478 e. The van der Waals surface area contributed by atoms with Crippen LogP contribution in [0.4, 0.5) is 5.69 Å². The Morgan fingerprint density at radius 2 is 2.00 bits per heavy atom. The predicted octanol–water partition coefficient (Wildman–Crippen LogP) is -0.290. The van der Waals surface area contributed by atoms with Crippen molar-refractivity contribution in [2.75, 3.05) is 12.3 Å². The smallest absolute Gasteiger partial charge is 0.337 e. The normalized spacial score (nSPS) is 14.3. The molecule has 0 aliphatic carbocycles. The fourth-order valence-corrected chi connectivity index (χ4v) is 1.51. The number of benzene rings is 1. The summed E-state index contributed by atoms with van der Waals surface area (Å²) in [4.78, 5) is 10.7. The number of hydrogen-bond donors (Lipinski definition) is 5. The van der Waals surface area contributed by atoms with Gasteiger partial charge in [0.25, 0.3) is 0 Å². The Bertz CT molecular complexity index is 408. The summed E-state index contributed by atoms with van der Waals surface area (Å²) < 4.78 is 0. The lowest BCUT2D eigenvalue weighted by atomic mass is 10.00. The van der Waals surface area contributed by atoms with Crippen LogP contribution >= 0.6 is 0 Å². The fraction of sp³-hybridized carbons (Fsp3) is 0.364. The van der Waals surface area contributed by atoms with Gasteiger partial charge in [-0.25, -0.2) is 4.79 Å². The number of anilines is 1. The van der Waals surface area contributed by atoms with E-state index in [1.165, 1.54) is 18.2 Å². The molecule has 6 nitrogen and oxygen atoms in total. The molecular weight excluding hydrogens is 224 g/mol. The van der Waals surface area contributed by atoms with E-state index in [1.54, 1.807) is 0 Å². The third kappa shape index (κ3) is 3.16. The molecule has 0 saturated carbocycles. The Kier molecular flexibility index (Phi) is 4.45. The fourth-order valence-electron chi connectivity index (χ4n) is 1.51. The third-order valence-corrected chi connectivity index (χ3v) is 2.47. The second kappa shape index (κ2) is 5.62. The van der Waals surface area contributed by atoms with E-state index in [0.29, 0.717) is 5.56 Å². The molecule has 2 unspecified atom stereocenters. The van der Waals surface area contributed by atoms with Crippen LogP contribution in [0.1, 0.15) is 28.4 Å². The Balaban J connectivity index is 2.93. The summed E-state index contributed by atoms with van der Waals surface area (Å²) in [6, 6.07) is 4.06. The van der Waals surface area contributed by atoms with Crippen LogP contribution in [0.25, 0.3) is 0 Å². The van der Waals surface area contributed by atoms with Crippen molar-refractivity contribution in [2.45, 2.75) is 18.6 Å². The molecule has 0 radical (unpaired) electrons. The van der Waals surface area contributed by atoms with E-state index in [4.69, 9.17) is 16.6 Å². The maximum Gasteiger partial charge on any atom is 0.337 e. The van der Waals surface area contributed by atoms with Crippen LogP contribution in [0.2, 0.25) is 0 Å². The van der Waals surface area contributed by atoms with E-state index in [9.17, 15) is 15.0 Å². The van der Waals surface area contributed by atoms with Crippen LogP contribution in [0.15, 0.2) is 18.2 Å². The molecule has 0 aliphatic heterocycles. The van der Waals surface area contributed by atoms with Crippen LogP contribution in [-0.2, 0) is 0 Å². The first-order valence-electron chi connectivity index (χ1n) is 5.16. The van der Waals surface area contributed by atoms with Crippen molar-refractivity contribution in [3.63, 3.8) is 0 Å². The highest BCUT2D eigenvalue weighted by Crippen LogP contribution is 2.23. The number of hydrogen-bond acceptors (Lipinski definition) is 5. The van der Waals surface area contributed by atoms with E-state index < -0.39 is 18.2 Å². The average Bonchev–Trinajstić information content (AvgIpc) is 2.27. The lowest BCUT2D eigenvalue weighted by Crippen LogP contribution is -2.22. The first-order valence-corrected chi connectivity index (χ1v) is 5.16. The molecule has 0 amide bonds. The molecule has 1 aromatic rings. The maximum atomic E-state index is 10.7. The third-order valence-electron chi connectivity index (χ3n) is 2.47. The van der Waals surface area contributed by atoms with Crippen molar-refractivity contribution in [2.24, 2.45) is 5.73 Å². The van der Waals surface area contributed by atoms with Gasteiger partial charge in [0.2, 0.25) is 0 Å². The molecule has 0 heterocycles. The van der Waals surface area contributed by atoms with Gasteiger partial charge in [-0.05, 0) is 30.7 Å². The van der Waals surface area contributed by atoms with Gasteiger partial charge in [0.1, 0.15) is 6.10 Å².